The molecule has 1 heterocycles. The second kappa shape index (κ2) is 6.08. The Morgan fingerprint density at radius 1 is 1.55 bits per heavy atom. The van der Waals surface area contributed by atoms with E-state index in [1.807, 2.05) is 30.3 Å². The molecule has 1 aliphatic heterocycles. The molecule has 0 aromatic heterocycles. The quantitative estimate of drug-likeness (QED) is 0.478. The Balaban J connectivity index is 2.14. The molecular weight excluding hydrogens is 260 g/mol. The van der Waals surface area contributed by atoms with E-state index in [0.29, 0.717) is 6.42 Å². The van der Waals surface area contributed by atoms with E-state index in [1.54, 1.807) is 0 Å². The van der Waals surface area contributed by atoms with Crippen LogP contribution in [0.25, 0.3) is 10.4 Å². The first-order valence-corrected chi connectivity index (χ1v) is 6.21. The number of carbonyl (C=O) groups excluding carboxylic acids is 2. The van der Waals surface area contributed by atoms with Gasteiger partial charge in [0.25, 0.3) is 0 Å². The summed E-state index contributed by atoms with van der Waals surface area (Å²) in [5.74, 6) is -0.536. The van der Waals surface area contributed by atoms with Crippen molar-refractivity contribution in [1.82, 2.24) is 4.90 Å². The molecule has 7 nitrogen and oxygen atoms in total. The molecule has 2 amide bonds. The highest BCUT2D eigenvalue weighted by Crippen LogP contribution is 2.19. The molecule has 20 heavy (non-hydrogen) atoms. The van der Waals surface area contributed by atoms with Gasteiger partial charge < -0.3 is 4.74 Å². The monoisotopic (exact) mass is 274 g/mol. The smallest absolute Gasteiger partial charge is 0.416 e. The fourth-order valence-corrected chi connectivity index (χ4v) is 2.10. The number of nitrogens with zero attached hydrogens (tertiary/aromatic N) is 4. The molecular formula is C13H14N4O3. The fourth-order valence-electron chi connectivity index (χ4n) is 2.10. The summed E-state index contributed by atoms with van der Waals surface area (Å²) >= 11 is 0. The van der Waals surface area contributed by atoms with Crippen molar-refractivity contribution in [3.05, 3.63) is 46.3 Å². The van der Waals surface area contributed by atoms with Gasteiger partial charge in [-0.3, -0.25) is 4.79 Å². The SMILES string of the molecule is C[C@H](N=[N+]=[N-])C(=O)N1C(=O)OC[C@@H]1Cc1ccccc1. The molecule has 2 rings (SSSR count). The normalized spacial score (nSPS) is 19.1. The minimum absolute atomic E-state index is 0.155. The summed E-state index contributed by atoms with van der Waals surface area (Å²) in [4.78, 5) is 27.4. The van der Waals surface area contributed by atoms with E-state index in [0.717, 1.165) is 10.5 Å². The maximum absolute atomic E-state index is 12.1. The Labute approximate surface area is 115 Å². The standard InChI is InChI=1S/C13H14N4O3/c1-9(15-16-14)12(18)17-11(8-20-13(17)19)7-10-5-3-2-4-6-10/h2-6,9,11H,7-8H2,1H3/t9-,11-/m0/s1. The molecule has 0 bridgehead atoms. The summed E-state index contributed by atoms with van der Waals surface area (Å²) in [6.45, 7) is 1.61. The van der Waals surface area contributed by atoms with Gasteiger partial charge in [0.2, 0.25) is 5.91 Å². The summed E-state index contributed by atoms with van der Waals surface area (Å²) in [6, 6.07) is 8.22. The lowest BCUT2D eigenvalue weighted by Gasteiger charge is -2.21. The summed E-state index contributed by atoms with van der Waals surface area (Å²) in [5, 5.41) is 3.33. The minimum atomic E-state index is -0.927. The van der Waals surface area contributed by atoms with Gasteiger partial charge in [-0.15, -0.1) is 0 Å². The first-order chi connectivity index (χ1) is 9.63. The highest BCUT2D eigenvalue weighted by atomic mass is 16.6. The van der Waals surface area contributed by atoms with Crippen molar-refractivity contribution in [2.45, 2.75) is 25.4 Å². The molecule has 1 fully saturated rings. The second-order valence-corrected chi connectivity index (χ2v) is 4.51. The second-order valence-electron chi connectivity index (χ2n) is 4.51. The van der Waals surface area contributed by atoms with Gasteiger partial charge in [-0.2, -0.15) is 0 Å². The molecule has 1 aliphatic rings. The Bertz CT molecular complexity index is 554. The van der Waals surface area contributed by atoms with Crippen LogP contribution in [0.5, 0.6) is 0 Å². The molecule has 0 aliphatic carbocycles. The van der Waals surface area contributed by atoms with Crippen LogP contribution in [-0.2, 0) is 16.0 Å². The third-order valence-electron chi connectivity index (χ3n) is 3.09. The predicted molar refractivity (Wildman–Crippen MR) is 70.7 cm³/mol. The average molecular weight is 274 g/mol. The summed E-state index contributed by atoms with van der Waals surface area (Å²) in [5.41, 5.74) is 9.37. The third kappa shape index (κ3) is 2.89. The van der Waals surface area contributed by atoms with E-state index in [1.165, 1.54) is 6.92 Å². The zero-order valence-corrected chi connectivity index (χ0v) is 11.0. The lowest BCUT2D eigenvalue weighted by molar-refractivity contribution is -0.130. The van der Waals surface area contributed by atoms with Crippen molar-refractivity contribution in [2.24, 2.45) is 5.11 Å². The van der Waals surface area contributed by atoms with Gasteiger partial charge in [0.05, 0.1) is 6.04 Å². The van der Waals surface area contributed by atoms with Crippen molar-refractivity contribution < 1.29 is 14.3 Å². The van der Waals surface area contributed by atoms with Crippen molar-refractivity contribution >= 4 is 12.0 Å². The van der Waals surface area contributed by atoms with Gasteiger partial charge in [-0.25, -0.2) is 9.69 Å². The molecule has 1 aromatic rings. The zero-order chi connectivity index (χ0) is 14.5. The van der Waals surface area contributed by atoms with Crippen molar-refractivity contribution in [1.29, 1.82) is 0 Å². The molecule has 0 radical (unpaired) electrons. The van der Waals surface area contributed by atoms with E-state index < -0.39 is 18.0 Å². The molecule has 104 valence electrons. The Morgan fingerprint density at radius 2 is 2.25 bits per heavy atom. The number of benzene rings is 1. The molecule has 0 unspecified atom stereocenters. The van der Waals surface area contributed by atoms with Crippen LogP contribution in [0.15, 0.2) is 35.4 Å². The number of ether oxygens (including phenoxy) is 1. The zero-order valence-electron chi connectivity index (χ0n) is 11.0. The van der Waals surface area contributed by atoms with E-state index in [9.17, 15) is 9.59 Å². The Kier molecular flexibility index (Phi) is 4.22. The largest absolute Gasteiger partial charge is 0.447 e. The molecule has 7 heteroatoms. The van der Waals surface area contributed by atoms with Crippen LogP contribution in [-0.4, -0.2) is 35.6 Å². The first kappa shape index (κ1) is 13.9. The number of rotatable bonds is 4. The van der Waals surface area contributed by atoms with Gasteiger partial charge in [0.1, 0.15) is 12.6 Å². The number of cyclic esters (lactones) is 1. The topological polar surface area (TPSA) is 95.4 Å². The van der Waals surface area contributed by atoms with Gasteiger partial charge in [0, 0.05) is 4.91 Å². The number of imide groups is 1. The minimum Gasteiger partial charge on any atom is -0.447 e. The van der Waals surface area contributed by atoms with E-state index >= 15 is 0 Å². The Hall–Kier alpha value is -2.53. The van der Waals surface area contributed by atoms with Crippen molar-refractivity contribution in [2.75, 3.05) is 6.61 Å². The van der Waals surface area contributed by atoms with E-state index in [2.05, 4.69) is 10.0 Å². The Morgan fingerprint density at radius 3 is 2.90 bits per heavy atom. The summed E-state index contributed by atoms with van der Waals surface area (Å²) in [7, 11) is 0. The fraction of sp³-hybridized carbons (Fsp3) is 0.385. The van der Waals surface area contributed by atoms with E-state index in [-0.39, 0.29) is 12.6 Å². The highest BCUT2D eigenvalue weighted by Gasteiger charge is 2.39. The van der Waals surface area contributed by atoms with Crippen LogP contribution in [0.3, 0.4) is 0 Å². The molecule has 0 spiro atoms. The van der Waals surface area contributed by atoms with Crippen LogP contribution in [0.4, 0.5) is 4.79 Å². The van der Waals surface area contributed by atoms with Crippen LogP contribution < -0.4 is 0 Å². The molecule has 1 saturated heterocycles. The van der Waals surface area contributed by atoms with Crippen LogP contribution in [0.1, 0.15) is 12.5 Å². The predicted octanol–water partition coefficient (Wildman–Crippen LogP) is 2.28. The van der Waals surface area contributed by atoms with Crippen LogP contribution in [0, 0.1) is 0 Å². The lowest BCUT2D eigenvalue weighted by atomic mass is 10.1. The van der Waals surface area contributed by atoms with Crippen molar-refractivity contribution in [3.8, 4) is 0 Å². The third-order valence-corrected chi connectivity index (χ3v) is 3.09. The first-order valence-electron chi connectivity index (χ1n) is 6.21. The highest BCUT2D eigenvalue weighted by molar-refractivity contribution is 5.96. The van der Waals surface area contributed by atoms with Gasteiger partial charge >= 0.3 is 6.09 Å². The van der Waals surface area contributed by atoms with Gasteiger partial charge in [-0.1, -0.05) is 35.4 Å². The van der Waals surface area contributed by atoms with Gasteiger partial charge in [0.15, 0.2) is 0 Å². The number of azide groups is 1. The number of amides is 2. The van der Waals surface area contributed by atoms with Crippen molar-refractivity contribution in [3.63, 3.8) is 0 Å². The molecule has 1 aromatic carbocycles. The van der Waals surface area contributed by atoms with Crippen LogP contribution in [0.2, 0.25) is 0 Å². The number of carbonyl (C=O) groups is 2. The lowest BCUT2D eigenvalue weighted by Crippen LogP contribution is -2.44. The van der Waals surface area contributed by atoms with E-state index in [4.69, 9.17) is 10.3 Å². The summed E-state index contributed by atoms with van der Waals surface area (Å²) < 4.78 is 4.93. The maximum atomic E-state index is 12.1. The van der Waals surface area contributed by atoms with Crippen LogP contribution >= 0.6 is 0 Å². The summed E-state index contributed by atoms with van der Waals surface area (Å²) in [6.07, 6.45) is -0.169. The molecule has 2 atom stereocenters. The average Bonchev–Trinajstić information content (AvgIpc) is 2.80. The molecule has 0 saturated carbocycles. The maximum Gasteiger partial charge on any atom is 0.416 e. The number of hydrogen-bond donors (Lipinski definition) is 0. The molecule has 0 N–H and O–H groups in total. The number of hydrogen-bond acceptors (Lipinski definition) is 4. The van der Waals surface area contributed by atoms with Gasteiger partial charge in [-0.05, 0) is 24.4 Å².